The number of carboxylic acid groups (broad SMARTS) is 1. The van der Waals surface area contributed by atoms with Crippen LogP contribution in [0, 0.1) is 3.57 Å². The summed E-state index contributed by atoms with van der Waals surface area (Å²) in [5.41, 5.74) is -0.0208. The topological polar surface area (TPSA) is 54.4 Å². The summed E-state index contributed by atoms with van der Waals surface area (Å²) in [5.74, 6) is -1.14. The highest BCUT2D eigenvalue weighted by Crippen LogP contribution is 2.37. The molecule has 1 N–H and O–H groups in total. The number of hydrogen-bond donors (Lipinski definition) is 1. The zero-order valence-electron chi connectivity index (χ0n) is 8.21. The lowest BCUT2D eigenvalue weighted by Crippen LogP contribution is -2.01. The van der Waals surface area contributed by atoms with Gasteiger partial charge in [0.1, 0.15) is 0 Å². The molecule has 0 radical (unpaired) electrons. The lowest BCUT2D eigenvalue weighted by Gasteiger charge is -2.07. The van der Waals surface area contributed by atoms with Crippen LogP contribution in [-0.2, 0) is 3.07 Å². The van der Waals surface area contributed by atoms with E-state index in [0.717, 1.165) is 0 Å². The van der Waals surface area contributed by atoms with Crippen molar-refractivity contribution in [1.82, 2.24) is 0 Å². The summed E-state index contributed by atoms with van der Waals surface area (Å²) < 4.78 is 11.3. The minimum Gasteiger partial charge on any atom is -0.478 e. The second-order valence-electron chi connectivity index (χ2n) is 3.27. The quantitative estimate of drug-likeness (QED) is 0.786. The van der Waals surface area contributed by atoms with Crippen LogP contribution in [0.1, 0.15) is 10.4 Å². The molecule has 0 saturated carbocycles. The van der Waals surface area contributed by atoms with E-state index in [4.69, 9.17) is 28.3 Å². The van der Waals surface area contributed by atoms with Crippen LogP contribution < -0.4 is 0 Å². The first-order valence-electron chi connectivity index (χ1n) is 4.47. The van der Waals surface area contributed by atoms with Gasteiger partial charge < -0.3 is 5.11 Å². The summed E-state index contributed by atoms with van der Waals surface area (Å²) in [6.07, 6.45) is 0. The lowest BCUT2D eigenvalue weighted by molar-refractivity contribution is 0.0696. The van der Waals surface area contributed by atoms with E-state index in [0.29, 0.717) is 15.8 Å². The van der Waals surface area contributed by atoms with E-state index >= 15 is 0 Å². The van der Waals surface area contributed by atoms with Gasteiger partial charge in [-0.25, -0.2) is 4.79 Å². The van der Waals surface area contributed by atoms with Crippen LogP contribution in [0.2, 0.25) is 10.0 Å². The number of benzene rings is 2. The number of rotatable bonds is 2. The molecule has 6 heteroatoms. The van der Waals surface area contributed by atoms with E-state index in [1.165, 1.54) is 6.07 Å². The maximum absolute atomic E-state index is 11.2. The number of carbonyl (C=O) groups is 1. The van der Waals surface area contributed by atoms with Crippen LogP contribution in [0.25, 0.3) is 10.8 Å². The Balaban J connectivity index is 2.98. The molecule has 2 aromatic rings. The van der Waals surface area contributed by atoms with Crippen molar-refractivity contribution in [1.29, 1.82) is 0 Å². The van der Waals surface area contributed by atoms with Gasteiger partial charge in [0.25, 0.3) is 0 Å². The Morgan fingerprint density at radius 3 is 2.59 bits per heavy atom. The van der Waals surface area contributed by atoms with Crippen molar-refractivity contribution in [3.8, 4) is 0 Å². The van der Waals surface area contributed by atoms with E-state index in [1.54, 1.807) is 18.2 Å². The molecule has 0 aliphatic rings. The van der Waals surface area contributed by atoms with E-state index in [2.05, 4.69) is 0 Å². The smallest absolute Gasteiger partial charge is 0.336 e. The number of carboxylic acids is 1. The molecular formula is C11H5Cl2IO3. The molecule has 0 fully saturated rings. The SMILES string of the molecule is O=Ic1c(C(=O)O)cc2cccc(Cl)c2c1Cl. The molecule has 0 aliphatic carbocycles. The fourth-order valence-electron chi connectivity index (χ4n) is 1.57. The van der Waals surface area contributed by atoms with Crippen LogP contribution in [0.3, 0.4) is 0 Å². The van der Waals surface area contributed by atoms with Crippen LogP contribution in [0.4, 0.5) is 0 Å². The Kier molecular flexibility index (Phi) is 3.65. The number of hydrogen-bond acceptors (Lipinski definition) is 2. The molecular weight excluding hydrogens is 378 g/mol. The van der Waals surface area contributed by atoms with Crippen molar-refractivity contribution >= 4 is 61.1 Å². The van der Waals surface area contributed by atoms with Crippen LogP contribution >= 0.6 is 44.4 Å². The van der Waals surface area contributed by atoms with E-state index < -0.39 is 27.2 Å². The predicted molar refractivity (Wildman–Crippen MR) is 74.3 cm³/mol. The Bertz CT molecular complexity index is 640. The van der Waals surface area contributed by atoms with Crippen molar-refractivity contribution in [2.75, 3.05) is 0 Å². The van der Waals surface area contributed by atoms with Gasteiger partial charge in [-0.2, -0.15) is 0 Å². The molecule has 0 heterocycles. The predicted octanol–water partition coefficient (Wildman–Crippen LogP) is 4.33. The van der Waals surface area contributed by atoms with Gasteiger partial charge >= 0.3 is 5.97 Å². The molecule has 0 unspecified atom stereocenters. The summed E-state index contributed by atoms with van der Waals surface area (Å²) in [6.45, 7) is 0. The summed E-state index contributed by atoms with van der Waals surface area (Å²) in [4.78, 5) is 11.0. The van der Waals surface area contributed by atoms with E-state index in [9.17, 15) is 7.86 Å². The van der Waals surface area contributed by atoms with Gasteiger partial charge in [0.05, 0.1) is 14.2 Å². The second-order valence-corrected chi connectivity index (χ2v) is 5.58. The van der Waals surface area contributed by atoms with E-state index in [-0.39, 0.29) is 14.2 Å². The van der Waals surface area contributed by atoms with Gasteiger partial charge in [-0.1, -0.05) is 35.3 Å². The molecule has 17 heavy (non-hydrogen) atoms. The van der Waals surface area contributed by atoms with Crippen molar-refractivity contribution in [3.63, 3.8) is 0 Å². The molecule has 3 nitrogen and oxygen atoms in total. The Labute approximate surface area is 117 Å². The fourth-order valence-corrected chi connectivity index (χ4v) is 3.49. The van der Waals surface area contributed by atoms with Gasteiger partial charge in [-0.15, -0.1) is 0 Å². The number of halogens is 3. The molecule has 0 saturated heterocycles. The lowest BCUT2D eigenvalue weighted by atomic mass is 10.1. The van der Waals surface area contributed by atoms with Gasteiger partial charge in [0.2, 0.25) is 0 Å². The molecule has 0 bridgehead atoms. The Morgan fingerprint density at radius 1 is 1.29 bits per heavy atom. The maximum Gasteiger partial charge on any atom is 0.336 e. The third kappa shape index (κ3) is 2.17. The first kappa shape index (κ1) is 12.7. The monoisotopic (exact) mass is 382 g/mol. The van der Waals surface area contributed by atoms with Crippen LogP contribution in [-0.4, -0.2) is 11.1 Å². The fraction of sp³-hybridized carbons (Fsp3) is 0. The molecule has 0 spiro atoms. The maximum atomic E-state index is 11.2. The first-order chi connectivity index (χ1) is 8.06. The van der Waals surface area contributed by atoms with Gasteiger partial charge in [-0.05, 0) is 17.5 Å². The summed E-state index contributed by atoms with van der Waals surface area (Å²) in [6, 6.07) is 6.52. The molecule has 0 aromatic heterocycles. The largest absolute Gasteiger partial charge is 0.478 e. The molecule has 0 amide bonds. The van der Waals surface area contributed by atoms with Gasteiger partial charge in [-0.3, -0.25) is 3.07 Å². The average molecular weight is 383 g/mol. The zero-order chi connectivity index (χ0) is 12.6. The standard InChI is InChI=1S/C11H5Cl2IO3/c12-7-3-1-2-5-4-6(11(15)16)10(14-17)9(13)8(5)7/h1-4H,(H,15,16). The van der Waals surface area contributed by atoms with Crippen LogP contribution in [0.15, 0.2) is 24.3 Å². The molecule has 2 rings (SSSR count). The summed E-state index contributed by atoms with van der Waals surface area (Å²) in [5, 5.41) is 10.8. The molecule has 0 atom stereocenters. The summed E-state index contributed by atoms with van der Waals surface area (Å²) in [7, 11) is 0. The van der Waals surface area contributed by atoms with Gasteiger partial charge in [0.15, 0.2) is 21.2 Å². The minimum atomic E-state index is -1.68. The molecule has 2 aromatic carbocycles. The highest BCUT2D eigenvalue weighted by molar-refractivity contribution is 14.1. The van der Waals surface area contributed by atoms with Crippen LogP contribution in [0.5, 0.6) is 0 Å². The molecule has 0 aliphatic heterocycles. The highest BCUT2D eigenvalue weighted by Gasteiger charge is 2.18. The van der Waals surface area contributed by atoms with Crippen molar-refractivity contribution in [2.24, 2.45) is 0 Å². The first-order valence-corrected chi connectivity index (χ1v) is 7.19. The second kappa shape index (κ2) is 4.88. The van der Waals surface area contributed by atoms with Crippen molar-refractivity contribution in [3.05, 3.63) is 43.4 Å². The van der Waals surface area contributed by atoms with E-state index in [1.807, 2.05) is 0 Å². The molecule has 88 valence electrons. The normalized spacial score (nSPS) is 10.7. The van der Waals surface area contributed by atoms with Crippen molar-refractivity contribution in [2.45, 2.75) is 0 Å². The number of aromatic carboxylic acids is 1. The zero-order valence-corrected chi connectivity index (χ0v) is 11.9. The average Bonchev–Trinajstić information content (AvgIpc) is 2.28. The Hall–Kier alpha value is -0.720. The Morgan fingerprint density at radius 2 is 2.00 bits per heavy atom. The number of fused-ring (bicyclic) bond motifs is 1. The third-order valence-electron chi connectivity index (χ3n) is 2.30. The highest BCUT2D eigenvalue weighted by atomic mass is 127. The van der Waals surface area contributed by atoms with Gasteiger partial charge in [0, 0.05) is 10.4 Å². The summed E-state index contributed by atoms with van der Waals surface area (Å²) >= 11 is 10.4. The minimum absolute atomic E-state index is 0.0208. The third-order valence-corrected chi connectivity index (χ3v) is 4.87. The van der Waals surface area contributed by atoms with Crippen molar-refractivity contribution < 1.29 is 13.0 Å².